The molecular formula is C20H27ClN4O. The average Bonchev–Trinajstić information content (AvgIpc) is 2.86. The zero-order chi connectivity index (χ0) is 18.9. The van der Waals surface area contributed by atoms with Gasteiger partial charge in [0, 0.05) is 37.0 Å². The highest BCUT2D eigenvalue weighted by Crippen LogP contribution is 2.22. The van der Waals surface area contributed by atoms with Crippen LogP contribution in [0.5, 0.6) is 0 Å². The number of aromatic nitrogens is 2. The number of halogens is 1. The van der Waals surface area contributed by atoms with Crippen molar-refractivity contribution in [3.8, 4) is 0 Å². The number of carbonyl (C=O) groups excluding carboxylic acids is 1. The van der Waals surface area contributed by atoms with Crippen molar-refractivity contribution >= 4 is 29.3 Å². The Bertz CT molecular complexity index is 738. The number of rotatable bonds is 9. The van der Waals surface area contributed by atoms with Crippen molar-refractivity contribution in [3.05, 3.63) is 52.8 Å². The van der Waals surface area contributed by atoms with Gasteiger partial charge in [-0.25, -0.2) is 0 Å². The third kappa shape index (κ3) is 6.23. The molecule has 26 heavy (non-hydrogen) atoms. The number of aryl methyl sites for hydroxylation is 1. The molecule has 2 aromatic rings. The Kier molecular flexibility index (Phi) is 7.73. The first-order valence-corrected chi connectivity index (χ1v) is 9.33. The number of para-hydroxylation sites is 1. The summed E-state index contributed by atoms with van der Waals surface area (Å²) in [6.07, 6.45) is 4.10. The molecule has 0 radical (unpaired) electrons. The van der Waals surface area contributed by atoms with Gasteiger partial charge in [0.25, 0.3) is 0 Å². The van der Waals surface area contributed by atoms with Crippen molar-refractivity contribution in [1.29, 1.82) is 0 Å². The van der Waals surface area contributed by atoms with Crippen molar-refractivity contribution < 1.29 is 4.79 Å². The van der Waals surface area contributed by atoms with Crippen molar-refractivity contribution in [1.82, 2.24) is 15.1 Å². The van der Waals surface area contributed by atoms with Gasteiger partial charge in [-0.15, -0.1) is 0 Å². The second kappa shape index (κ2) is 10.0. The van der Waals surface area contributed by atoms with Crippen molar-refractivity contribution in [2.75, 3.05) is 18.4 Å². The Balaban J connectivity index is 1.76. The molecule has 0 spiro atoms. The number of benzene rings is 1. The summed E-state index contributed by atoms with van der Waals surface area (Å²) in [4.78, 5) is 12.0. The summed E-state index contributed by atoms with van der Waals surface area (Å²) < 4.78 is 1.79. The van der Waals surface area contributed by atoms with E-state index in [0.717, 1.165) is 36.5 Å². The summed E-state index contributed by atoms with van der Waals surface area (Å²) in [7, 11) is 0. The topological polar surface area (TPSA) is 59.0 Å². The Morgan fingerprint density at radius 2 is 2.00 bits per heavy atom. The number of hydrogen-bond donors (Lipinski definition) is 2. The second-order valence-corrected chi connectivity index (χ2v) is 6.99. The fourth-order valence-electron chi connectivity index (χ4n) is 2.53. The number of nitrogens with zero attached hydrogens (tertiary/aromatic N) is 2. The quantitative estimate of drug-likeness (QED) is 0.512. The Morgan fingerprint density at radius 1 is 1.27 bits per heavy atom. The van der Waals surface area contributed by atoms with Crippen LogP contribution in [0.25, 0.3) is 6.08 Å². The molecule has 5 nitrogen and oxygen atoms in total. The van der Waals surface area contributed by atoms with Gasteiger partial charge in [-0.3, -0.25) is 9.48 Å². The van der Waals surface area contributed by atoms with Gasteiger partial charge in [0.2, 0.25) is 5.91 Å². The minimum absolute atomic E-state index is 0.128. The third-order valence-corrected chi connectivity index (χ3v) is 4.20. The van der Waals surface area contributed by atoms with Crippen LogP contribution < -0.4 is 10.6 Å². The number of carbonyl (C=O) groups is 1. The fourth-order valence-corrected chi connectivity index (χ4v) is 2.84. The molecule has 0 aliphatic rings. The molecule has 0 aliphatic heterocycles. The van der Waals surface area contributed by atoms with Crippen LogP contribution in [0.2, 0.25) is 5.15 Å². The summed E-state index contributed by atoms with van der Waals surface area (Å²) in [6.45, 7) is 8.30. The van der Waals surface area contributed by atoms with Gasteiger partial charge in [-0.1, -0.05) is 43.6 Å². The van der Waals surface area contributed by atoms with E-state index >= 15 is 0 Å². The second-order valence-electron chi connectivity index (χ2n) is 6.64. The highest BCUT2D eigenvalue weighted by molar-refractivity contribution is 6.31. The van der Waals surface area contributed by atoms with Gasteiger partial charge in [0.05, 0.1) is 5.69 Å². The monoisotopic (exact) mass is 374 g/mol. The Hall–Kier alpha value is -2.27. The van der Waals surface area contributed by atoms with Gasteiger partial charge in [0.15, 0.2) is 0 Å². The molecule has 0 saturated heterocycles. The number of hydrogen-bond acceptors (Lipinski definition) is 3. The van der Waals surface area contributed by atoms with Gasteiger partial charge < -0.3 is 10.6 Å². The predicted octanol–water partition coefficient (Wildman–Crippen LogP) is 4.13. The standard InChI is InChI=1S/C20H27ClN4O/c1-15(2)14-25-20(21)18(16(3)24-25)10-11-19(26)23-13-7-12-22-17-8-5-4-6-9-17/h4-6,8-11,15,22H,7,12-14H2,1-3H3,(H,23,26)/b11-10+. The van der Waals surface area contributed by atoms with Crippen LogP contribution in [0.15, 0.2) is 36.4 Å². The minimum atomic E-state index is -0.128. The summed E-state index contributed by atoms with van der Waals surface area (Å²) in [6, 6.07) is 10.0. The van der Waals surface area contributed by atoms with Crippen LogP contribution in [0, 0.1) is 12.8 Å². The highest BCUT2D eigenvalue weighted by atomic mass is 35.5. The molecule has 0 aliphatic carbocycles. The fraction of sp³-hybridized carbons (Fsp3) is 0.400. The molecule has 0 bridgehead atoms. The van der Waals surface area contributed by atoms with Crippen LogP contribution in [-0.2, 0) is 11.3 Å². The van der Waals surface area contributed by atoms with Crippen molar-refractivity contribution in [2.24, 2.45) is 5.92 Å². The lowest BCUT2D eigenvalue weighted by molar-refractivity contribution is -0.116. The molecule has 0 saturated carbocycles. The minimum Gasteiger partial charge on any atom is -0.385 e. The molecule has 6 heteroatoms. The van der Waals surface area contributed by atoms with E-state index < -0.39 is 0 Å². The van der Waals surface area contributed by atoms with Gasteiger partial charge in [-0.2, -0.15) is 5.10 Å². The van der Waals surface area contributed by atoms with Crippen molar-refractivity contribution in [3.63, 3.8) is 0 Å². The highest BCUT2D eigenvalue weighted by Gasteiger charge is 2.12. The normalized spacial score (nSPS) is 11.3. The number of nitrogens with one attached hydrogen (secondary N) is 2. The molecule has 1 aromatic carbocycles. The SMILES string of the molecule is Cc1nn(CC(C)C)c(Cl)c1/C=C/C(=O)NCCCNc1ccccc1. The maximum Gasteiger partial charge on any atom is 0.244 e. The smallest absolute Gasteiger partial charge is 0.244 e. The van der Waals surface area contributed by atoms with Crippen LogP contribution in [-0.4, -0.2) is 28.8 Å². The van der Waals surface area contributed by atoms with E-state index in [1.54, 1.807) is 10.8 Å². The van der Waals surface area contributed by atoms with E-state index in [4.69, 9.17) is 11.6 Å². The third-order valence-electron chi connectivity index (χ3n) is 3.80. The molecule has 0 atom stereocenters. The van der Waals surface area contributed by atoms with E-state index in [-0.39, 0.29) is 5.91 Å². The molecule has 140 valence electrons. The molecule has 0 fully saturated rings. The van der Waals surface area contributed by atoms with Gasteiger partial charge in [0.1, 0.15) is 5.15 Å². The molecule has 2 rings (SSSR count). The van der Waals surface area contributed by atoms with Crippen LogP contribution in [0.1, 0.15) is 31.5 Å². The first-order chi connectivity index (χ1) is 12.5. The van der Waals surface area contributed by atoms with Gasteiger partial charge >= 0.3 is 0 Å². The van der Waals surface area contributed by atoms with E-state index in [1.165, 1.54) is 6.08 Å². The molecule has 2 N–H and O–H groups in total. The number of anilines is 1. The van der Waals surface area contributed by atoms with Crippen LogP contribution in [0.3, 0.4) is 0 Å². The zero-order valence-electron chi connectivity index (χ0n) is 15.6. The average molecular weight is 375 g/mol. The van der Waals surface area contributed by atoms with Crippen molar-refractivity contribution in [2.45, 2.75) is 33.7 Å². The van der Waals surface area contributed by atoms with E-state index in [2.05, 4.69) is 29.6 Å². The zero-order valence-corrected chi connectivity index (χ0v) is 16.4. The van der Waals surface area contributed by atoms with Gasteiger partial charge in [-0.05, 0) is 37.5 Å². The molecule has 1 amide bonds. The van der Waals surface area contributed by atoms with Crippen LogP contribution in [0.4, 0.5) is 5.69 Å². The Labute approximate surface area is 160 Å². The Morgan fingerprint density at radius 3 is 2.69 bits per heavy atom. The predicted molar refractivity (Wildman–Crippen MR) is 108 cm³/mol. The van der Waals surface area contributed by atoms with E-state index in [9.17, 15) is 4.79 Å². The lowest BCUT2D eigenvalue weighted by atomic mass is 10.2. The largest absolute Gasteiger partial charge is 0.385 e. The maximum absolute atomic E-state index is 12.0. The molecular weight excluding hydrogens is 348 g/mol. The molecule has 1 aromatic heterocycles. The summed E-state index contributed by atoms with van der Waals surface area (Å²) in [5.41, 5.74) is 2.71. The lowest BCUT2D eigenvalue weighted by Gasteiger charge is -2.06. The van der Waals surface area contributed by atoms with E-state index in [1.807, 2.05) is 37.3 Å². The molecule has 0 unspecified atom stereocenters. The van der Waals surface area contributed by atoms with Crippen LogP contribution >= 0.6 is 11.6 Å². The molecule has 1 heterocycles. The first-order valence-electron chi connectivity index (χ1n) is 8.95. The summed E-state index contributed by atoms with van der Waals surface area (Å²) in [5.74, 6) is 0.327. The summed E-state index contributed by atoms with van der Waals surface area (Å²) >= 11 is 6.37. The summed E-state index contributed by atoms with van der Waals surface area (Å²) in [5, 5.41) is 11.2. The maximum atomic E-state index is 12.0. The van der Waals surface area contributed by atoms with E-state index in [0.29, 0.717) is 17.6 Å². The lowest BCUT2D eigenvalue weighted by Crippen LogP contribution is -2.23. The first kappa shape index (κ1) is 20.0. The number of amides is 1.